The maximum Gasteiger partial charge on any atom is 0.222 e. The summed E-state index contributed by atoms with van der Waals surface area (Å²) >= 11 is 0. The summed E-state index contributed by atoms with van der Waals surface area (Å²) in [7, 11) is 2.09. The number of rotatable bonds is 7. The highest BCUT2D eigenvalue weighted by Crippen LogP contribution is 2.34. The minimum atomic E-state index is -0.301. The number of nitrogens with zero attached hydrogens (tertiary/aromatic N) is 3. The van der Waals surface area contributed by atoms with Crippen molar-refractivity contribution in [2.75, 3.05) is 20.3 Å². The second kappa shape index (κ2) is 7.79. The van der Waals surface area contributed by atoms with Gasteiger partial charge in [0.25, 0.3) is 0 Å². The summed E-state index contributed by atoms with van der Waals surface area (Å²) in [4.78, 5) is 19.2. The quantitative estimate of drug-likeness (QED) is 0.753. The summed E-state index contributed by atoms with van der Waals surface area (Å²) in [6, 6.07) is 0.540. The normalized spacial score (nSPS) is 22.3. The van der Waals surface area contributed by atoms with Crippen LogP contribution in [0.2, 0.25) is 0 Å². The van der Waals surface area contributed by atoms with Crippen LogP contribution in [0, 0.1) is 11.3 Å². The van der Waals surface area contributed by atoms with Crippen molar-refractivity contribution >= 4 is 5.91 Å². The molecule has 0 aromatic rings. The zero-order valence-electron chi connectivity index (χ0n) is 18.0. The fourth-order valence-corrected chi connectivity index (χ4v) is 4.40. The average molecular weight is 365 g/mol. The Balaban J connectivity index is 2.18. The van der Waals surface area contributed by atoms with Crippen LogP contribution in [0.3, 0.4) is 0 Å². The van der Waals surface area contributed by atoms with Crippen molar-refractivity contribution in [3.8, 4) is 0 Å². The standard InChI is InChI=1S/C21H40N4O/c1-16(13-18(21(5,6)22)24-12-11-23(7)15-24)17(14-20(2,3)4)25-10-8-9-19(25)26/h11-12,16-18H,8-10,13-15,22H2,1-7H3. The molecule has 2 rings (SSSR count). The molecule has 0 aromatic carbocycles. The van der Waals surface area contributed by atoms with Gasteiger partial charge in [0.05, 0.1) is 6.67 Å². The first kappa shape index (κ1) is 21.1. The summed E-state index contributed by atoms with van der Waals surface area (Å²) in [5, 5.41) is 0. The lowest BCUT2D eigenvalue weighted by Crippen LogP contribution is -2.55. The minimum absolute atomic E-state index is 0.198. The van der Waals surface area contributed by atoms with E-state index in [0.29, 0.717) is 24.3 Å². The molecule has 2 aliphatic heterocycles. The second-order valence-corrected chi connectivity index (χ2v) is 10.3. The molecule has 150 valence electrons. The molecule has 0 aliphatic carbocycles. The van der Waals surface area contributed by atoms with Gasteiger partial charge < -0.3 is 20.4 Å². The molecular weight excluding hydrogens is 324 g/mol. The molecule has 1 saturated heterocycles. The molecule has 2 N–H and O–H groups in total. The predicted molar refractivity (Wildman–Crippen MR) is 108 cm³/mol. The molecule has 1 fully saturated rings. The Labute approximate surface area is 160 Å². The Morgan fingerprint density at radius 2 is 1.85 bits per heavy atom. The van der Waals surface area contributed by atoms with Crippen molar-refractivity contribution in [3.63, 3.8) is 0 Å². The van der Waals surface area contributed by atoms with Crippen molar-refractivity contribution in [2.24, 2.45) is 17.1 Å². The Kier molecular flexibility index (Phi) is 6.32. The monoisotopic (exact) mass is 364 g/mol. The van der Waals surface area contributed by atoms with Gasteiger partial charge in [0.15, 0.2) is 0 Å². The van der Waals surface area contributed by atoms with E-state index in [2.05, 4.69) is 75.7 Å². The van der Waals surface area contributed by atoms with Crippen LogP contribution in [0.4, 0.5) is 0 Å². The number of hydrogen-bond donors (Lipinski definition) is 1. The van der Waals surface area contributed by atoms with Crippen LogP contribution >= 0.6 is 0 Å². The van der Waals surface area contributed by atoms with Gasteiger partial charge in [-0.05, 0) is 44.4 Å². The van der Waals surface area contributed by atoms with E-state index in [9.17, 15) is 4.79 Å². The lowest BCUT2D eigenvalue weighted by atomic mass is 9.78. The van der Waals surface area contributed by atoms with Gasteiger partial charge >= 0.3 is 0 Å². The van der Waals surface area contributed by atoms with Gasteiger partial charge in [-0.1, -0.05) is 27.7 Å². The van der Waals surface area contributed by atoms with E-state index in [-0.39, 0.29) is 17.0 Å². The molecule has 26 heavy (non-hydrogen) atoms. The molecule has 1 amide bonds. The minimum Gasteiger partial charge on any atom is -0.362 e. The number of amides is 1. The van der Waals surface area contributed by atoms with E-state index >= 15 is 0 Å². The zero-order chi connectivity index (χ0) is 19.7. The van der Waals surface area contributed by atoms with Gasteiger partial charge in [0.1, 0.15) is 0 Å². The van der Waals surface area contributed by atoms with Crippen molar-refractivity contribution in [1.82, 2.24) is 14.7 Å². The van der Waals surface area contributed by atoms with Gasteiger partial charge in [-0.25, -0.2) is 0 Å². The molecular formula is C21H40N4O. The van der Waals surface area contributed by atoms with Gasteiger partial charge in [-0.3, -0.25) is 4.79 Å². The molecule has 3 unspecified atom stereocenters. The molecule has 0 saturated carbocycles. The van der Waals surface area contributed by atoms with Gasteiger partial charge in [-0.2, -0.15) is 0 Å². The number of nitrogens with two attached hydrogens (primary N) is 1. The van der Waals surface area contributed by atoms with E-state index in [4.69, 9.17) is 5.73 Å². The molecule has 0 aromatic heterocycles. The summed E-state index contributed by atoms with van der Waals surface area (Å²) in [6.07, 6.45) is 8.00. The summed E-state index contributed by atoms with van der Waals surface area (Å²) in [5.74, 6) is 0.735. The van der Waals surface area contributed by atoms with E-state index in [1.54, 1.807) is 0 Å². The van der Waals surface area contributed by atoms with E-state index in [0.717, 1.165) is 32.5 Å². The number of carbonyl (C=O) groups excluding carboxylic acids is 1. The highest BCUT2D eigenvalue weighted by Gasteiger charge is 2.38. The third-order valence-electron chi connectivity index (χ3n) is 5.74. The molecule has 5 nitrogen and oxygen atoms in total. The largest absolute Gasteiger partial charge is 0.362 e. The number of likely N-dealkylation sites (tertiary alicyclic amines) is 1. The molecule has 0 bridgehead atoms. The second-order valence-electron chi connectivity index (χ2n) is 10.3. The summed E-state index contributed by atoms with van der Waals surface area (Å²) in [5.41, 5.74) is 6.48. The Morgan fingerprint density at radius 3 is 2.27 bits per heavy atom. The first-order valence-corrected chi connectivity index (χ1v) is 10.1. The van der Waals surface area contributed by atoms with Gasteiger partial charge in [0.2, 0.25) is 5.91 Å². The third kappa shape index (κ3) is 5.38. The fourth-order valence-electron chi connectivity index (χ4n) is 4.40. The van der Waals surface area contributed by atoms with Crippen molar-refractivity contribution < 1.29 is 4.79 Å². The van der Waals surface area contributed by atoms with Crippen LogP contribution in [0.25, 0.3) is 0 Å². The third-order valence-corrected chi connectivity index (χ3v) is 5.74. The van der Waals surface area contributed by atoms with Gasteiger partial charge in [0, 0.05) is 50.0 Å². The van der Waals surface area contributed by atoms with Crippen LogP contribution in [0.5, 0.6) is 0 Å². The van der Waals surface area contributed by atoms with Crippen molar-refractivity contribution in [1.29, 1.82) is 0 Å². The Bertz CT molecular complexity index is 517. The summed E-state index contributed by atoms with van der Waals surface area (Å²) < 4.78 is 0. The van der Waals surface area contributed by atoms with Crippen LogP contribution in [-0.4, -0.2) is 58.5 Å². The predicted octanol–water partition coefficient (Wildman–Crippen LogP) is 3.22. The maximum atomic E-state index is 12.5. The average Bonchev–Trinajstić information content (AvgIpc) is 3.08. The highest BCUT2D eigenvalue weighted by atomic mass is 16.2. The number of carbonyl (C=O) groups is 1. The molecule has 2 aliphatic rings. The molecule has 5 heteroatoms. The SMILES string of the molecule is CC(CC(N1C=CN(C)C1)C(C)(C)N)C(CC(C)(C)C)N1CCCC1=O. The van der Waals surface area contributed by atoms with Gasteiger partial charge in [-0.15, -0.1) is 0 Å². The zero-order valence-corrected chi connectivity index (χ0v) is 18.0. The molecule has 0 spiro atoms. The highest BCUT2D eigenvalue weighted by molar-refractivity contribution is 5.78. The fraction of sp³-hybridized carbons (Fsp3) is 0.857. The Hall–Kier alpha value is -1.23. The topological polar surface area (TPSA) is 52.8 Å². The molecule has 3 atom stereocenters. The lowest BCUT2D eigenvalue weighted by molar-refractivity contribution is -0.131. The van der Waals surface area contributed by atoms with E-state index in [1.807, 2.05) is 0 Å². The smallest absolute Gasteiger partial charge is 0.222 e. The van der Waals surface area contributed by atoms with Crippen LogP contribution in [0.1, 0.15) is 67.2 Å². The van der Waals surface area contributed by atoms with E-state index in [1.165, 1.54) is 0 Å². The first-order chi connectivity index (χ1) is 11.9. The summed E-state index contributed by atoms with van der Waals surface area (Å²) in [6.45, 7) is 15.2. The van der Waals surface area contributed by atoms with Crippen LogP contribution < -0.4 is 5.73 Å². The van der Waals surface area contributed by atoms with Crippen LogP contribution in [-0.2, 0) is 4.79 Å². The number of hydrogen-bond acceptors (Lipinski definition) is 4. The Morgan fingerprint density at radius 1 is 1.19 bits per heavy atom. The maximum absolute atomic E-state index is 12.5. The first-order valence-electron chi connectivity index (χ1n) is 10.1. The lowest BCUT2D eigenvalue weighted by Gasteiger charge is -2.43. The van der Waals surface area contributed by atoms with Crippen LogP contribution in [0.15, 0.2) is 12.4 Å². The van der Waals surface area contributed by atoms with Crippen molar-refractivity contribution in [3.05, 3.63) is 12.4 Å². The molecule has 2 heterocycles. The van der Waals surface area contributed by atoms with Crippen molar-refractivity contribution in [2.45, 2.75) is 84.8 Å². The molecule has 0 radical (unpaired) electrons. The van der Waals surface area contributed by atoms with E-state index < -0.39 is 0 Å².